The van der Waals surface area contributed by atoms with Gasteiger partial charge < -0.3 is 15.2 Å². The lowest BCUT2D eigenvalue weighted by Crippen LogP contribution is -2.21. The summed E-state index contributed by atoms with van der Waals surface area (Å²) in [6, 6.07) is 8.80. The molecule has 2 N–H and O–H groups in total. The monoisotopic (exact) mass is 302 g/mol. The standard InChI is InChI=1S/C11H7NO4.C5H11N/c13-10(14)11(15)16-8-5-7-3-1-2-4-9(7)12-6-8;1-2-4-6-5-3-1/h1-6H,(H,13,14);6H,1-5H2. The Morgan fingerprint density at radius 3 is 2.45 bits per heavy atom. The van der Waals surface area contributed by atoms with Gasteiger partial charge in [-0.3, -0.25) is 4.98 Å². The zero-order valence-corrected chi connectivity index (χ0v) is 12.1. The van der Waals surface area contributed by atoms with Gasteiger partial charge in [-0.2, -0.15) is 0 Å². The Hall–Kier alpha value is -2.47. The third-order valence-electron chi connectivity index (χ3n) is 3.16. The van der Waals surface area contributed by atoms with Crippen LogP contribution >= 0.6 is 0 Å². The first-order valence-corrected chi connectivity index (χ1v) is 7.17. The zero-order chi connectivity index (χ0) is 15.8. The number of rotatable bonds is 1. The largest absolute Gasteiger partial charge is 0.473 e. The number of nitrogens with one attached hydrogen (secondary N) is 1. The van der Waals surface area contributed by atoms with E-state index in [1.165, 1.54) is 38.5 Å². The van der Waals surface area contributed by atoms with Crippen molar-refractivity contribution in [3.8, 4) is 5.75 Å². The summed E-state index contributed by atoms with van der Waals surface area (Å²) < 4.78 is 4.58. The van der Waals surface area contributed by atoms with Crippen LogP contribution in [0.3, 0.4) is 0 Å². The summed E-state index contributed by atoms with van der Waals surface area (Å²) in [5.74, 6) is -2.84. The molecule has 116 valence electrons. The van der Waals surface area contributed by atoms with Crippen molar-refractivity contribution in [3.05, 3.63) is 36.5 Å². The van der Waals surface area contributed by atoms with Gasteiger partial charge >= 0.3 is 11.9 Å². The lowest BCUT2D eigenvalue weighted by Gasteiger charge is -2.08. The molecule has 1 saturated heterocycles. The van der Waals surface area contributed by atoms with Gasteiger partial charge in [0.05, 0.1) is 11.7 Å². The predicted octanol–water partition coefficient (Wildman–Crippen LogP) is 1.98. The molecule has 1 aromatic heterocycles. The van der Waals surface area contributed by atoms with Gasteiger partial charge in [0.1, 0.15) is 5.75 Å². The van der Waals surface area contributed by atoms with Crippen molar-refractivity contribution < 1.29 is 19.4 Å². The molecule has 0 spiro atoms. The Bertz CT molecular complexity index is 642. The summed E-state index contributed by atoms with van der Waals surface area (Å²) in [4.78, 5) is 25.1. The number of nitrogens with zero attached hydrogens (tertiary/aromatic N) is 1. The van der Waals surface area contributed by atoms with Crippen molar-refractivity contribution in [1.82, 2.24) is 10.3 Å². The highest BCUT2D eigenvalue weighted by Crippen LogP contribution is 2.17. The lowest BCUT2D eigenvalue weighted by atomic mass is 10.2. The highest BCUT2D eigenvalue weighted by Gasteiger charge is 2.14. The summed E-state index contributed by atoms with van der Waals surface area (Å²) in [6.45, 7) is 2.50. The zero-order valence-electron chi connectivity index (χ0n) is 12.1. The number of esters is 1. The highest BCUT2D eigenvalue weighted by molar-refractivity contribution is 6.29. The number of hydrogen-bond acceptors (Lipinski definition) is 5. The van der Waals surface area contributed by atoms with Crippen LogP contribution in [0.5, 0.6) is 5.75 Å². The number of benzene rings is 1. The molecule has 1 fully saturated rings. The summed E-state index contributed by atoms with van der Waals surface area (Å²) >= 11 is 0. The number of para-hydroxylation sites is 1. The molecular formula is C16H18N2O4. The normalized spacial score (nSPS) is 13.8. The van der Waals surface area contributed by atoms with Crippen LogP contribution in [0.4, 0.5) is 0 Å². The SMILES string of the molecule is C1CCNCC1.O=C(O)C(=O)Oc1cnc2ccccc2c1. The quantitative estimate of drug-likeness (QED) is 0.618. The smallest absolute Gasteiger partial charge is 0.422 e. The van der Waals surface area contributed by atoms with Crippen LogP contribution in [0.1, 0.15) is 19.3 Å². The van der Waals surface area contributed by atoms with Crippen LogP contribution in [-0.4, -0.2) is 35.1 Å². The van der Waals surface area contributed by atoms with Crippen molar-refractivity contribution in [1.29, 1.82) is 0 Å². The van der Waals surface area contributed by atoms with Crippen LogP contribution in [0.15, 0.2) is 36.5 Å². The molecule has 6 heteroatoms. The van der Waals surface area contributed by atoms with Gasteiger partial charge in [0.25, 0.3) is 0 Å². The van der Waals surface area contributed by atoms with E-state index in [4.69, 9.17) is 5.11 Å². The van der Waals surface area contributed by atoms with E-state index in [-0.39, 0.29) is 5.75 Å². The van der Waals surface area contributed by atoms with Gasteiger partial charge in [-0.25, -0.2) is 9.59 Å². The number of carboxylic acids is 1. The van der Waals surface area contributed by atoms with E-state index >= 15 is 0 Å². The van der Waals surface area contributed by atoms with E-state index in [0.717, 1.165) is 10.9 Å². The number of aromatic nitrogens is 1. The van der Waals surface area contributed by atoms with Gasteiger partial charge in [-0.05, 0) is 38.1 Å². The molecule has 2 aromatic rings. The molecule has 1 aliphatic heterocycles. The number of aliphatic carboxylic acids is 1. The average Bonchev–Trinajstić information content (AvgIpc) is 2.57. The third kappa shape index (κ3) is 4.82. The van der Waals surface area contributed by atoms with Crippen LogP contribution < -0.4 is 10.1 Å². The third-order valence-corrected chi connectivity index (χ3v) is 3.16. The Morgan fingerprint density at radius 1 is 1.14 bits per heavy atom. The fourth-order valence-corrected chi connectivity index (χ4v) is 2.06. The summed E-state index contributed by atoms with van der Waals surface area (Å²) in [6.07, 6.45) is 5.52. The Balaban J connectivity index is 0.000000246. The molecule has 3 rings (SSSR count). The maximum atomic E-state index is 10.8. The minimum absolute atomic E-state index is 0.117. The molecule has 1 aliphatic rings. The molecule has 2 heterocycles. The molecule has 22 heavy (non-hydrogen) atoms. The van der Waals surface area contributed by atoms with E-state index < -0.39 is 11.9 Å². The van der Waals surface area contributed by atoms with E-state index in [1.54, 1.807) is 18.2 Å². The van der Waals surface area contributed by atoms with E-state index in [9.17, 15) is 9.59 Å². The van der Waals surface area contributed by atoms with Gasteiger partial charge in [0, 0.05) is 5.39 Å². The molecule has 0 unspecified atom stereocenters. The fourth-order valence-electron chi connectivity index (χ4n) is 2.06. The van der Waals surface area contributed by atoms with Crippen LogP contribution in [0.2, 0.25) is 0 Å². The van der Waals surface area contributed by atoms with E-state index in [2.05, 4.69) is 15.0 Å². The first-order valence-electron chi connectivity index (χ1n) is 7.17. The van der Waals surface area contributed by atoms with Crippen LogP contribution in [0, 0.1) is 0 Å². The fraction of sp³-hybridized carbons (Fsp3) is 0.312. The molecule has 0 saturated carbocycles. The average molecular weight is 302 g/mol. The lowest BCUT2D eigenvalue weighted by molar-refractivity contribution is -0.158. The Morgan fingerprint density at radius 2 is 1.86 bits per heavy atom. The number of pyridine rings is 1. The number of carbonyl (C=O) groups excluding carboxylic acids is 1. The second-order valence-electron chi connectivity index (χ2n) is 4.87. The van der Waals surface area contributed by atoms with Crippen LogP contribution in [-0.2, 0) is 9.59 Å². The molecule has 1 aromatic carbocycles. The first kappa shape index (κ1) is 15.9. The molecule has 0 bridgehead atoms. The Kier molecular flexibility index (Phi) is 5.85. The molecule has 0 atom stereocenters. The second kappa shape index (κ2) is 8.09. The summed E-state index contributed by atoms with van der Waals surface area (Å²) in [7, 11) is 0. The van der Waals surface area contributed by atoms with E-state index in [1.807, 2.05) is 12.1 Å². The minimum Gasteiger partial charge on any atom is -0.473 e. The topological polar surface area (TPSA) is 88.5 Å². The predicted molar refractivity (Wildman–Crippen MR) is 81.7 cm³/mol. The van der Waals surface area contributed by atoms with Crippen molar-refractivity contribution in [2.24, 2.45) is 0 Å². The number of hydrogen-bond donors (Lipinski definition) is 2. The number of carbonyl (C=O) groups is 2. The van der Waals surface area contributed by atoms with Crippen LogP contribution in [0.25, 0.3) is 10.9 Å². The maximum absolute atomic E-state index is 10.8. The van der Waals surface area contributed by atoms with E-state index in [0.29, 0.717) is 0 Å². The van der Waals surface area contributed by atoms with Crippen molar-refractivity contribution in [3.63, 3.8) is 0 Å². The maximum Gasteiger partial charge on any atom is 0.422 e. The molecule has 0 radical (unpaired) electrons. The molecule has 0 aliphatic carbocycles. The number of ether oxygens (including phenoxy) is 1. The van der Waals surface area contributed by atoms with Gasteiger partial charge in [-0.1, -0.05) is 24.6 Å². The van der Waals surface area contributed by atoms with Crippen molar-refractivity contribution in [2.45, 2.75) is 19.3 Å². The first-order chi connectivity index (χ1) is 10.7. The summed E-state index contributed by atoms with van der Waals surface area (Å²) in [5.41, 5.74) is 0.748. The van der Waals surface area contributed by atoms with Crippen molar-refractivity contribution in [2.75, 3.05) is 13.1 Å². The number of fused-ring (bicyclic) bond motifs is 1. The summed E-state index contributed by atoms with van der Waals surface area (Å²) in [5, 5.41) is 12.4. The van der Waals surface area contributed by atoms with Gasteiger partial charge in [0.2, 0.25) is 0 Å². The molecular weight excluding hydrogens is 284 g/mol. The minimum atomic E-state index is -1.63. The highest BCUT2D eigenvalue weighted by atomic mass is 16.6. The molecule has 6 nitrogen and oxygen atoms in total. The number of carboxylic acid groups (broad SMARTS) is 1. The number of piperidine rings is 1. The van der Waals surface area contributed by atoms with Crippen molar-refractivity contribution >= 4 is 22.8 Å². The van der Waals surface area contributed by atoms with Gasteiger partial charge in [0.15, 0.2) is 0 Å². The second-order valence-corrected chi connectivity index (χ2v) is 4.87. The Labute approximate surface area is 128 Å². The van der Waals surface area contributed by atoms with Gasteiger partial charge in [-0.15, -0.1) is 0 Å². The molecule has 0 amide bonds.